The minimum Gasteiger partial charge on any atom is -0.455 e. The van der Waals surface area contributed by atoms with E-state index in [1.807, 2.05) is 72.8 Å². The molecule has 0 unspecified atom stereocenters. The number of benzene rings is 2. The third-order valence-corrected chi connectivity index (χ3v) is 6.67. The predicted octanol–water partition coefficient (Wildman–Crippen LogP) is 3.51. The summed E-state index contributed by atoms with van der Waals surface area (Å²) < 4.78 is 11.2. The fraction of sp³-hybridized carbons (Fsp3) is 0.452. The molecule has 0 fully saturated rings. The standard InChI is InChI=1S/C31H40N2O6/c34-18-20-38-19-17-32-29(35)22-26-15-7-1-2-8-16-27(21-24-11-5-3-6-12-24)31(37)39-28(23-33-30(26)36)25-13-9-4-10-14-25/h1,3-7,9-14,26-28,34H,2,8,15-23H2,(H,32,35)(H,33,36)/t26-,27-,28+/m1/s1. The number of hydrogen-bond acceptors (Lipinski definition) is 6. The Morgan fingerprint density at radius 2 is 1.74 bits per heavy atom. The molecule has 0 spiro atoms. The molecule has 0 radical (unpaired) electrons. The number of aliphatic hydroxyl groups is 1. The van der Waals surface area contributed by atoms with E-state index >= 15 is 0 Å². The summed E-state index contributed by atoms with van der Waals surface area (Å²) in [5.41, 5.74) is 1.88. The molecule has 1 aliphatic heterocycles. The van der Waals surface area contributed by atoms with E-state index in [9.17, 15) is 14.4 Å². The van der Waals surface area contributed by atoms with E-state index in [-0.39, 0.29) is 49.9 Å². The second-order valence-electron chi connectivity index (χ2n) is 9.69. The lowest BCUT2D eigenvalue weighted by molar-refractivity contribution is -0.155. The molecule has 0 bridgehead atoms. The van der Waals surface area contributed by atoms with Gasteiger partial charge in [0.25, 0.3) is 0 Å². The van der Waals surface area contributed by atoms with Crippen LogP contribution in [0.3, 0.4) is 0 Å². The highest BCUT2D eigenvalue weighted by Gasteiger charge is 2.27. The smallest absolute Gasteiger partial charge is 0.309 e. The van der Waals surface area contributed by atoms with Gasteiger partial charge in [0, 0.05) is 13.0 Å². The highest BCUT2D eigenvalue weighted by Crippen LogP contribution is 2.24. The Morgan fingerprint density at radius 3 is 2.49 bits per heavy atom. The van der Waals surface area contributed by atoms with E-state index in [0.717, 1.165) is 24.0 Å². The second-order valence-corrected chi connectivity index (χ2v) is 9.69. The Bertz CT molecular complexity index is 1040. The molecule has 3 atom stereocenters. The van der Waals surface area contributed by atoms with Gasteiger partial charge in [0.05, 0.1) is 38.2 Å². The van der Waals surface area contributed by atoms with Gasteiger partial charge >= 0.3 is 5.97 Å². The van der Waals surface area contributed by atoms with Crippen LogP contribution in [0.4, 0.5) is 0 Å². The third kappa shape index (κ3) is 11.0. The van der Waals surface area contributed by atoms with Crippen molar-refractivity contribution in [1.29, 1.82) is 0 Å². The average Bonchev–Trinajstić information content (AvgIpc) is 2.95. The summed E-state index contributed by atoms with van der Waals surface area (Å²) in [5, 5.41) is 14.5. The van der Waals surface area contributed by atoms with Gasteiger partial charge < -0.3 is 25.2 Å². The first kappa shape index (κ1) is 30.1. The molecule has 2 aromatic rings. The highest BCUT2D eigenvalue weighted by molar-refractivity contribution is 5.86. The number of amides is 2. The molecule has 0 aromatic heterocycles. The van der Waals surface area contributed by atoms with Crippen molar-refractivity contribution < 1.29 is 29.0 Å². The summed E-state index contributed by atoms with van der Waals surface area (Å²) in [6, 6.07) is 19.3. The molecule has 2 amide bonds. The topological polar surface area (TPSA) is 114 Å². The summed E-state index contributed by atoms with van der Waals surface area (Å²) in [4.78, 5) is 39.1. The van der Waals surface area contributed by atoms with Crippen molar-refractivity contribution in [2.75, 3.05) is 32.9 Å². The molecule has 2 aromatic carbocycles. The van der Waals surface area contributed by atoms with Crippen molar-refractivity contribution in [3.63, 3.8) is 0 Å². The van der Waals surface area contributed by atoms with Gasteiger partial charge in [0.15, 0.2) is 0 Å². The average molecular weight is 537 g/mol. The minimum atomic E-state index is -0.641. The van der Waals surface area contributed by atoms with E-state index in [4.69, 9.17) is 14.6 Å². The monoisotopic (exact) mass is 536 g/mol. The van der Waals surface area contributed by atoms with Crippen LogP contribution in [0.5, 0.6) is 0 Å². The number of carbonyl (C=O) groups is 3. The maximum absolute atomic E-state index is 13.4. The van der Waals surface area contributed by atoms with E-state index in [0.29, 0.717) is 32.4 Å². The SMILES string of the molecule is O=C(C[C@H]1CC=CCCC[C@H](Cc2ccccc2)C(=O)O[C@H](c2ccccc2)CNC1=O)NCCOCCO. The molecule has 3 N–H and O–H groups in total. The van der Waals surface area contributed by atoms with E-state index in [1.165, 1.54) is 0 Å². The number of esters is 1. The van der Waals surface area contributed by atoms with Crippen LogP contribution < -0.4 is 10.6 Å². The Hall–Kier alpha value is -3.49. The maximum atomic E-state index is 13.4. The first-order valence-corrected chi connectivity index (χ1v) is 13.7. The van der Waals surface area contributed by atoms with Crippen molar-refractivity contribution in [2.45, 2.75) is 44.6 Å². The molecular formula is C31H40N2O6. The number of rotatable bonds is 10. The molecular weight excluding hydrogens is 496 g/mol. The Balaban J connectivity index is 1.71. The zero-order chi connectivity index (χ0) is 27.7. The molecule has 0 saturated heterocycles. The molecule has 1 aliphatic rings. The summed E-state index contributed by atoms with van der Waals surface area (Å²) >= 11 is 0. The van der Waals surface area contributed by atoms with Crippen LogP contribution in [0.25, 0.3) is 0 Å². The lowest BCUT2D eigenvalue weighted by atomic mass is 9.93. The van der Waals surface area contributed by atoms with Crippen LogP contribution in [-0.4, -0.2) is 55.8 Å². The molecule has 3 rings (SSSR count). The van der Waals surface area contributed by atoms with Gasteiger partial charge in [-0.25, -0.2) is 0 Å². The predicted molar refractivity (Wildman–Crippen MR) is 149 cm³/mol. The van der Waals surface area contributed by atoms with E-state index in [2.05, 4.69) is 10.6 Å². The maximum Gasteiger partial charge on any atom is 0.309 e. The van der Waals surface area contributed by atoms with Gasteiger partial charge in [-0.1, -0.05) is 72.8 Å². The first-order valence-electron chi connectivity index (χ1n) is 13.7. The Kier molecular flexibility index (Phi) is 13.2. The largest absolute Gasteiger partial charge is 0.455 e. The third-order valence-electron chi connectivity index (χ3n) is 6.67. The minimum absolute atomic E-state index is 0.0329. The van der Waals surface area contributed by atoms with Gasteiger partial charge in [0.2, 0.25) is 11.8 Å². The fourth-order valence-electron chi connectivity index (χ4n) is 4.54. The number of allylic oxidation sites excluding steroid dienone is 2. The molecule has 8 nitrogen and oxygen atoms in total. The van der Waals surface area contributed by atoms with Crippen molar-refractivity contribution in [3.8, 4) is 0 Å². The summed E-state index contributed by atoms with van der Waals surface area (Å²) in [5.74, 6) is -1.63. The summed E-state index contributed by atoms with van der Waals surface area (Å²) in [6.45, 7) is 0.850. The van der Waals surface area contributed by atoms with Gasteiger partial charge in [0.1, 0.15) is 6.10 Å². The van der Waals surface area contributed by atoms with Crippen LogP contribution in [-0.2, 0) is 30.3 Å². The molecule has 210 valence electrons. The van der Waals surface area contributed by atoms with E-state index in [1.54, 1.807) is 0 Å². The number of cyclic esters (lactones) is 1. The van der Waals surface area contributed by atoms with Crippen molar-refractivity contribution in [2.24, 2.45) is 11.8 Å². The first-order chi connectivity index (χ1) is 19.1. The van der Waals surface area contributed by atoms with Crippen LogP contribution in [0, 0.1) is 11.8 Å². The van der Waals surface area contributed by atoms with Crippen molar-refractivity contribution in [1.82, 2.24) is 10.6 Å². The van der Waals surface area contributed by atoms with Crippen LogP contribution in [0.15, 0.2) is 72.8 Å². The highest BCUT2D eigenvalue weighted by atomic mass is 16.5. The number of carbonyl (C=O) groups excluding carboxylic acids is 3. The van der Waals surface area contributed by atoms with Gasteiger partial charge in [-0.15, -0.1) is 0 Å². The second kappa shape index (κ2) is 17.2. The van der Waals surface area contributed by atoms with Crippen LogP contribution in [0.1, 0.15) is 49.3 Å². The molecule has 0 saturated carbocycles. The number of hydrogen-bond donors (Lipinski definition) is 3. The van der Waals surface area contributed by atoms with Crippen molar-refractivity contribution in [3.05, 3.63) is 83.9 Å². The normalized spacial score (nSPS) is 20.9. The lowest BCUT2D eigenvalue weighted by Crippen LogP contribution is -2.38. The van der Waals surface area contributed by atoms with Crippen LogP contribution in [0.2, 0.25) is 0 Å². The van der Waals surface area contributed by atoms with E-state index < -0.39 is 12.0 Å². The summed E-state index contributed by atoms with van der Waals surface area (Å²) in [7, 11) is 0. The Morgan fingerprint density at radius 1 is 1.00 bits per heavy atom. The summed E-state index contributed by atoms with van der Waals surface area (Å²) in [6.07, 6.45) is 6.66. The van der Waals surface area contributed by atoms with Gasteiger partial charge in [-0.2, -0.15) is 0 Å². The van der Waals surface area contributed by atoms with Crippen LogP contribution >= 0.6 is 0 Å². The van der Waals surface area contributed by atoms with Gasteiger partial charge in [-0.05, 0) is 43.2 Å². The molecule has 0 aliphatic carbocycles. The number of ether oxygens (including phenoxy) is 2. The van der Waals surface area contributed by atoms with Crippen molar-refractivity contribution >= 4 is 17.8 Å². The number of nitrogens with one attached hydrogen (secondary N) is 2. The Labute approximate surface area is 230 Å². The molecule has 8 heteroatoms. The fourth-order valence-corrected chi connectivity index (χ4v) is 4.54. The molecule has 1 heterocycles. The quantitative estimate of drug-likeness (QED) is 0.243. The zero-order valence-corrected chi connectivity index (χ0v) is 22.4. The molecule has 39 heavy (non-hydrogen) atoms. The zero-order valence-electron chi connectivity index (χ0n) is 22.4. The van der Waals surface area contributed by atoms with Gasteiger partial charge in [-0.3, -0.25) is 14.4 Å². The lowest BCUT2D eigenvalue weighted by Gasteiger charge is -2.24. The number of aliphatic hydroxyl groups excluding tert-OH is 1.